The Morgan fingerprint density at radius 2 is 2.11 bits per heavy atom. The summed E-state index contributed by atoms with van der Waals surface area (Å²) in [5, 5.41) is 8.79. The van der Waals surface area contributed by atoms with Crippen LogP contribution in [0.4, 0.5) is 5.82 Å². The Labute approximate surface area is 112 Å². The summed E-state index contributed by atoms with van der Waals surface area (Å²) >= 11 is 0. The Bertz CT molecular complexity index is 482. The van der Waals surface area contributed by atoms with E-state index in [0.29, 0.717) is 5.41 Å². The topological polar surface area (TPSA) is 69.6 Å². The van der Waals surface area contributed by atoms with Crippen molar-refractivity contribution in [3.05, 3.63) is 18.1 Å². The fraction of sp³-hybridized carbons (Fsp3) is 0.615. The summed E-state index contributed by atoms with van der Waals surface area (Å²) in [6, 6.07) is 0. The average Bonchev–Trinajstić information content (AvgIpc) is 2.36. The summed E-state index contributed by atoms with van der Waals surface area (Å²) in [4.78, 5) is 23.4. The van der Waals surface area contributed by atoms with Crippen LogP contribution in [0.25, 0.3) is 0 Å². The Morgan fingerprint density at radius 1 is 1.32 bits per heavy atom. The van der Waals surface area contributed by atoms with Gasteiger partial charge in [-0.15, -0.1) is 0 Å². The molecule has 1 aromatic rings. The first-order chi connectivity index (χ1) is 9.08. The normalized spacial score (nSPS) is 22.3. The van der Waals surface area contributed by atoms with Crippen molar-refractivity contribution in [2.75, 3.05) is 38.1 Å². The zero-order chi connectivity index (χ0) is 13.5. The van der Waals surface area contributed by atoms with E-state index < -0.39 is 5.97 Å². The molecule has 0 aromatic carbocycles. The third-order valence-corrected chi connectivity index (χ3v) is 4.09. The molecule has 0 atom stereocenters. The number of aromatic nitrogens is 2. The Hall–Kier alpha value is -1.69. The molecule has 1 N–H and O–H groups in total. The minimum Gasteiger partial charge on any atom is -0.476 e. The second kappa shape index (κ2) is 4.45. The number of hydrogen-bond acceptors (Lipinski definition) is 5. The first-order valence-electron chi connectivity index (χ1n) is 6.57. The van der Waals surface area contributed by atoms with Gasteiger partial charge in [-0.05, 0) is 26.4 Å². The van der Waals surface area contributed by atoms with Gasteiger partial charge in [0, 0.05) is 25.0 Å². The number of nitrogens with zero attached hydrogens (tertiary/aromatic N) is 4. The summed E-state index contributed by atoms with van der Waals surface area (Å²) in [6.45, 7) is 4.33. The van der Waals surface area contributed by atoms with Crippen LogP contribution in [0.2, 0.25) is 0 Å². The lowest BCUT2D eigenvalue weighted by Gasteiger charge is -2.54. The number of likely N-dealkylation sites (tertiary alicyclic amines) is 1. The Morgan fingerprint density at radius 3 is 2.68 bits per heavy atom. The number of piperidine rings is 1. The molecule has 19 heavy (non-hydrogen) atoms. The second-order valence-corrected chi connectivity index (χ2v) is 5.76. The Balaban J connectivity index is 1.65. The van der Waals surface area contributed by atoms with E-state index in [4.69, 9.17) is 5.11 Å². The fourth-order valence-corrected chi connectivity index (χ4v) is 3.23. The highest BCUT2D eigenvalue weighted by molar-refractivity contribution is 5.84. The summed E-state index contributed by atoms with van der Waals surface area (Å²) in [7, 11) is 2.17. The van der Waals surface area contributed by atoms with Crippen LogP contribution < -0.4 is 4.90 Å². The molecule has 1 aromatic heterocycles. The third-order valence-electron chi connectivity index (χ3n) is 4.09. The molecule has 3 rings (SSSR count). The lowest BCUT2D eigenvalue weighted by molar-refractivity contribution is 0.0689. The van der Waals surface area contributed by atoms with E-state index in [2.05, 4.69) is 26.8 Å². The zero-order valence-electron chi connectivity index (χ0n) is 11.0. The van der Waals surface area contributed by atoms with Crippen molar-refractivity contribution in [3.8, 4) is 0 Å². The molecule has 2 fully saturated rings. The van der Waals surface area contributed by atoms with Crippen LogP contribution in [0.15, 0.2) is 12.4 Å². The van der Waals surface area contributed by atoms with Crippen LogP contribution in [-0.2, 0) is 0 Å². The van der Waals surface area contributed by atoms with E-state index in [1.165, 1.54) is 25.6 Å². The number of carboxylic acids is 1. The monoisotopic (exact) mass is 262 g/mol. The lowest BCUT2D eigenvalue weighted by atomic mass is 9.73. The highest BCUT2D eigenvalue weighted by atomic mass is 16.4. The minimum atomic E-state index is -1.03. The predicted molar refractivity (Wildman–Crippen MR) is 70.4 cm³/mol. The predicted octanol–water partition coefficient (Wildman–Crippen LogP) is 0.707. The molecule has 2 aliphatic heterocycles. The minimum absolute atomic E-state index is 0.00335. The van der Waals surface area contributed by atoms with Crippen molar-refractivity contribution < 1.29 is 9.90 Å². The quantitative estimate of drug-likeness (QED) is 0.846. The lowest BCUT2D eigenvalue weighted by Crippen LogP contribution is -2.62. The SMILES string of the molecule is CN1CCCC2(C1)CN(c1cnc(C(=O)O)cn1)C2. The van der Waals surface area contributed by atoms with Crippen molar-refractivity contribution in [1.82, 2.24) is 14.9 Å². The van der Waals surface area contributed by atoms with Crippen molar-refractivity contribution in [3.63, 3.8) is 0 Å². The van der Waals surface area contributed by atoms with Gasteiger partial charge in [-0.1, -0.05) is 0 Å². The highest BCUT2D eigenvalue weighted by Gasteiger charge is 2.45. The number of anilines is 1. The molecular formula is C13H18N4O2. The van der Waals surface area contributed by atoms with Crippen LogP contribution >= 0.6 is 0 Å². The molecule has 0 radical (unpaired) electrons. The molecule has 2 saturated heterocycles. The number of hydrogen-bond donors (Lipinski definition) is 1. The smallest absolute Gasteiger partial charge is 0.356 e. The standard InChI is InChI=1S/C13H18N4O2/c1-16-4-2-3-13(7-16)8-17(9-13)11-6-14-10(5-15-11)12(18)19/h5-6H,2-4,7-9H2,1H3,(H,18,19). The van der Waals surface area contributed by atoms with E-state index in [-0.39, 0.29) is 5.69 Å². The highest BCUT2D eigenvalue weighted by Crippen LogP contribution is 2.40. The molecule has 0 unspecified atom stereocenters. The molecule has 0 aliphatic carbocycles. The molecule has 102 valence electrons. The summed E-state index contributed by atoms with van der Waals surface area (Å²) < 4.78 is 0. The van der Waals surface area contributed by atoms with E-state index in [1.807, 2.05) is 0 Å². The van der Waals surface area contributed by atoms with Crippen molar-refractivity contribution in [1.29, 1.82) is 0 Å². The zero-order valence-corrected chi connectivity index (χ0v) is 11.0. The fourth-order valence-electron chi connectivity index (χ4n) is 3.23. The van der Waals surface area contributed by atoms with Crippen LogP contribution in [0.5, 0.6) is 0 Å². The van der Waals surface area contributed by atoms with Crippen molar-refractivity contribution in [2.45, 2.75) is 12.8 Å². The molecule has 1 spiro atoms. The van der Waals surface area contributed by atoms with Gasteiger partial charge in [-0.2, -0.15) is 0 Å². The summed E-state index contributed by atoms with van der Waals surface area (Å²) in [6.07, 6.45) is 5.42. The van der Waals surface area contributed by atoms with Gasteiger partial charge in [-0.25, -0.2) is 14.8 Å². The van der Waals surface area contributed by atoms with Crippen molar-refractivity contribution in [2.24, 2.45) is 5.41 Å². The van der Waals surface area contributed by atoms with E-state index >= 15 is 0 Å². The van der Waals surface area contributed by atoms with Crippen LogP contribution in [0.3, 0.4) is 0 Å². The van der Waals surface area contributed by atoms with Gasteiger partial charge in [0.1, 0.15) is 5.82 Å². The third kappa shape index (κ3) is 2.28. The molecule has 6 heteroatoms. The first-order valence-corrected chi connectivity index (χ1v) is 6.57. The molecular weight excluding hydrogens is 244 g/mol. The van der Waals surface area contributed by atoms with Gasteiger partial charge in [0.25, 0.3) is 0 Å². The first kappa shape index (κ1) is 12.3. The van der Waals surface area contributed by atoms with Gasteiger partial charge in [0.15, 0.2) is 5.69 Å². The van der Waals surface area contributed by atoms with Crippen LogP contribution in [0, 0.1) is 5.41 Å². The van der Waals surface area contributed by atoms with Gasteiger partial charge >= 0.3 is 5.97 Å². The molecule has 6 nitrogen and oxygen atoms in total. The van der Waals surface area contributed by atoms with E-state index in [1.54, 1.807) is 6.20 Å². The number of aromatic carboxylic acids is 1. The Kier molecular flexibility index (Phi) is 2.89. The number of carbonyl (C=O) groups is 1. The van der Waals surface area contributed by atoms with Gasteiger partial charge in [0.2, 0.25) is 0 Å². The van der Waals surface area contributed by atoms with Crippen LogP contribution in [-0.4, -0.2) is 59.2 Å². The molecule has 0 bridgehead atoms. The van der Waals surface area contributed by atoms with Gasteiger partial charge in [-0.3, -0.25) is 0 Å². The van der Waals surface area contributed by atoms with E-state index in [9.17, 15) is 4.79 Å². The molecule has 2 aliphatic rings. The molecule has 0 amide bonds. The summed E-state index contributed by atoms with van der Waals surface area (Å²) in [5.41, 5.74) is 0.400. The average molecular weight is 262 g/mol. The van der Waals surface area contributed by atoms with Gasteiger partial charge in [0.05, 0.1) is 12.4 Å². The molecule has 3 heterocycles. The maximum absolute atomic E-state index is 10.7. The van der Waals surface area contributed by atoms with E-state index in [0.717, 1.165) is 25.5 Å². The number of rotatable bonds is 2. The van der Waals surface area contributed by atoms with Crippen LogP contribution in [0.1, 0.15) is 23.3 Å². The maximum Gasteiger partial charge on any atom is 0.356 e. The van der Waals surface area contributed by atoms with Crippen molar-refractivity contribution >= 4 is 11.8 Å². The summed E-state index contributed by atoms with van der Waals surface area (Å²) in [5.74, 6) is -0.253. The second-order valence-electron chi connectivity index (χ2n) is 5.76. The largest absolute Gasteiger partial charge is 0.476 e. The maximum atomic E-state index is 10.7. The van der Waals surface area contributed by atoms with Gasteiger partial charge < -0.3 is 14.9 Å². The number of carboxylic acid groups (broad SMARTS) is 1. The molecule has 0 saturated carbocycles.